The molecule has 3 fully saturated rings. The van der Waals surface area contributed by atoms with Crippen LogP contribution < -0.4 is 15.8 Å². The van der Waals surface area contributed by atoms with Gasteiger partial charge in [0, 0.05) is 37.7 Å². The van der Waals surface area contributed by atoms with E-state index in [2.05, 4.69) is 20.1 Å². The molecule has 15 nitrogen and oxygen atoms in total. The molecule has 4 rings (SSSR count). The van der Waals surface area contributed by atoms with Gasteiger partial charge in [-0.05, 0) is 46.5 Å². The molecule has 3 aliphatic heterocycles. The molecule has 3 aliphatic rings. The summed E-state index contributed by atoms with van der Waals surface area (Å²) in [5.41, 5.74) is 4.07. The second-order valence-corrected chi connectivity index (χ2v) is 11.3. The molecule has 0 saturated carbocycles. The number of hydrazine groups is 1. The third-order valence-electron chi connectivity index (χ3n) is 6.23. The Morgan fingerprint density at radius 1 is 1.00 bits per heavy atom. The highest BCUT2D eigenvalue weighted by Crippen LogP contribution is 2.30. The number of carbonyl (C=O) groups is 4. The molecule has 4 heterocycles. The topological polar surface area (TPSA) is 189 Å². The van der Waals surface area contributed by atoms with E-state index < -0.39 is 57.9 Å². The first-order chi connectivity index (χ1) is 18.2. The summed E-state index contributed by atoms with van der Waals surface area (Å²) in [4.78, 5) is 55.1. The molecule has 1 aromatic heterocycles. The zero-order chi connectivity index (χ0) is 28.8. The standard InChI is InChI=1S/C18H29N5O9S.C5H5N/c1-18(2,3)31-17(27)21-8-6-11(7-9-21)14(24)19-20-15(25)13-5-4-12-10-22(13)16(26)23(12)32-33(28,29)30;1-2-4-6-5-3-1/h11-13H,4-10H2,1-3H3,(H,19,24)(H,20,25)(H,28,29,30);1-5H/p+1/t12-,13+;/m1./s1. The zero-order valence-electron chi connectivity index (χ0n) is 22.0. The van der Waals surface area contributed by atoms with Crippen molar-refractivity contribution in [1.82, 2.24) is 25.7 Å². The van der Waals surface area contributed by atoms with E-state index in [9.17, 15) is 27.6 Å². The fourth-order valence-electron chi connectivity index (χ4n) is 4.41. The van der Waals surface area contributed by atoms with Crippen molar-refractivity contribution in [1.29, 1.82) is 0 Å². The fraction of sp³-hybridized carbons (Fsp3) is 0.609. The van der Waals surface area contributed by atoms with Crippen molar-refractivity contribution >= 4 is 34.3 Å². The number of likely N-dealkylation sites (tertiary alicyclic amines) is 1. The zero-order valence-corrected chi connectivity index (χ0v) is 22.8. The van der Waals surface area contributed by atoms with Gasteiger partial charge < -0.3 is 14.5 Å². The van der Waals surface area contributed by atoms with E-state index in [0.29, 0.717) is 31.0 Å². The molecule has 3 saturated heterocycles. The average molecular weight is 572 g/mol. The number of hydroxylamine groups is 2. The summed E-state index contributed by atoms with van der Waals surface area (Å²) in [6.45, 7) is 6.05. The maximum Gasteiger partial charge on any atom is 0.418 e. The van der Waals surface area contributed by atoms with Crippen LogP contribution in [-0.4, -0.2) is 89.1 Å². The third kappa shape index (κ3) is 8.76. The number of aromatic amines is 1. The summed E-state index contributed by atoms with van der Waals surface area (Å²) in [5, 5.41) is 0.541. The van der Waals surface area contributed by atoms with E-state index in [4.69, 9.17) is 9.29 Å². The van der Waals surface area contributed by atoms with Gasteiger partial charge in [-0.3, -0.25) is 25.0 Å². The van der Waals surface area contributed by atoms with Gasteiger partial charge in [0.15, 0.2) is 12.4 Å². The quantitative estimate of drug-likeness (QED) is 0.337. The predicted molar refractivity (Wildman–Crippen MR) is 133 cm³/mol. The number of nitrogens with zero attached hydrogens (tertiary/aromatic N) is 3. The summed E-state index contributed by atoms with van der Waals surface area (Å²) in [6.07, 6.45) is 4.61. The number of urea groups is 1. The van der Waals surface area contributed by atoms with Crippen LogP contribution >= 0.6 is 0 Å². The largest absolute Gasteiger partial charge is 0.444 e. The highest BCUT2D eigenvalue weighted by atomic mass is 32.3. The smallest absolute Gasteiger partial charge is 0.418 e. The van der Waals surface area contributed by atoms with E-state index in [-0.39, 0.29) is 19.4 Å². The number of piperidine rings is 2. The van der Waals surface area contributed by atoms with Crippen LogP contribution in [0.1, 0.15) is 46.5 Å². The van der Waals surface area contributed by atoms with Gasteiger partial charge in [-0.15, -0.1) is 4.28 Å². The number of pyridine rings is 1. The number of fused-ring (bicyclic) bond motifs is 2. The normalized spacial score (nSPS) is 21.5. The van der Waals surface area contributed by atoms with Crippen LogP contribution in [0.25, 0.3) is 0 Å². The molecule has 1 aromatic rings. The fourth-order valence-corrected chi connectivity index (χ4v) is 4.79. The molecule has 0 radical (unpaired) electrons. The number of aromatic nitrogens is 1. The molecule has 2 atom stereocenters. The molecule has 0 spiro atoms. The molecule has 5 amide bonds. The van der Waals surface area contributed by atoms with Gasteiger partial charge in [0.25, 0.3) is 5.91 Å². The number of hydrogen-bond acceptors (Lipinski definition) is 8. The average Bonchev–Trinajstić information content (AvgIpc) is 3.11. The van der Waals surface area contributed by atoms with Crippen LogP contribution in [0.2, 0.25) is 0 Å². The first-order valence-electron chi connectivity index (χ1n) is 12.5. The molecular weight excluding hydrogens is 536 g/mol. The van der Waals surface area contributed by atoms with Crippen LogP contribution in [0.5, 0.6) is 0 Å². The number of ether oxygens (including phenoxy) is 1. The lowest BCUT2D eigenvalue weighted by molar-refractivity contribution is -0.377. The maximum atomic E-state index is 12.6. The molecule has 0 aromatic carbocycles. The van der Waals surface area contributed by atoms with Gasteiger partial charge in [-0.2, -0.15) is 13.5 Å². The number of H-pyrrole nitrogens is 1. The van der Waals surface area contributed by atoms with Crippen LogP contribution in [0, 0.1) is 5.92 Å². The minimum Gasteiger partial charge on any atom is -0.444 e. The number of hydrogen-bond donors (Lipinski definition) is 3. The molecule has 39 heavy (non-hydrogen) atoms. The number of carbonyl (C=O) groups excluding carboxylic acids is 4. The second-order valence-electron chi connectivity index (χ2n) is 10.3. The second kappa shape index (κ2) is 12.6. The van der Waals surface area contributed by atoms with Gasteiger partial charge in [0.05, 0.1) is 6.04 Å². The van der Waals surface area contributed by atoms with Gasteiger partial charge in [0.1, 0.15) is 11.6 Å². The lowest BCUT2D eigenvalue weighted by Gasteiger charge is -2.33. The van der Waals surface area contributed by atoms with Gasteiger partial charge in [0.2, 0.25) is 5.91 Å². The molecule has 4 N–H and O–H groups in total. The van der Waals surface area contributed by atoms with Gasteiger partial charge in [-0.25, -0.2) is 14.6 Å². The Kier molecular flexibility index (Phi) is 9.68. The van der Waals surface area contributed by atoms with Crippen LogP contribution in [0.3, 0.4) is 0 Å². The highest BCUT2D eigenvalue weighted by Gasteiger charge is 2.49. The van der Waals surface area contributed by atoms with Crippen molar-refractivity contribution in [2.24, 2.45) is 5.92 Å². The number of nitrogens with one attached hydrogen (secondary N) is 3. The van der Waals surface area contributed by atoms with Crippen molar-refractivity contribution in [3.8, 4) is 0 Å². The van der Waals surface area contributed by atoms with E-state index in [1.165, 1.54) is 4.90 Å². The molecule has 16 heteroatoms. The highest BCUT2D eigenvalue weighted by molar-refractivity contribution is 7.80. The van der Waals surface area contributed by atoms with Crippen molar-refractivity contribution in [2.75, 3.05) is 19.6 Å². The molecule has 216 valence electrons. The summed E-state index contributed by atoms with van der Waals surface area (Å²) >= 11 is 0. The Bertz CT molecular complexity index is 1110. The lowest BCUT2D eigenvalue weighted by Crippen LogP contribution is -2.55. The molecule has 0 unspecified atom stereocenters. The van der Waals surface area contributed by atoms with Gasteiger partial charge in [-0.1, -0.05) is 6.07 Å². The third-order valence-corrected chi connectivity index (χ3v) is 6.58. The minimum absolute atomic E-state index is 0.0452. The van der Waals surface area contributed by atoms with Crippen molar-refractivity contribution in [3.63, 3.8) is 0 Å². The SMILES string of the molecule is CC(C)(C)OC(=O)N1CCC(C(=O)NNC(=O)[C@@H]2CC[C@@H]3CN2C(=O)N3OS(=O)(=O)O)CC1.c1cc[nH+]cc1. The number of amides is 5. The Labute approximate surface area is 226 Å². The molecular formula is C23H35N6O9S+. The summed E-state index contributed by atoms with van der Waals surface area (Å²) in [5.74, 6) is -1.45. The Hall–Kier alpha value is -3.50. The Morgan fingerprint density at radius 2 is 1.62 bits per heavy atom. The first kappa shape index (κ1) is 30.0. The summed E-state index contributed by atoms with van der Waals surface area (Å²) in [6, 6.07) is 3.44. The van der Waals surface area contributed by atoms with Crippen LogP contribution in [0.15, 0.2) is 30.6 Å². The first-order valence-corrected chi connectivity index (χ1v) is 13.9. The summed E-state index contributed by atoms with van der Waals surface area (Å²) < 4.78 is 40.4. The van der Waals surface area contributed by atoms with Crippen molar-refractivity contribution in [3.05, 3.63) is 30.6 Å². The monoisotopic (exact) mass is 571 g/mol. The van der Waals surface area contributed by atoms with E-state index in [1.54, 1.807) is 20.8 Å². The van der Waals surface area contributed by atoms with Crippen LogP contribution in [-0.2, 0) is 29.0 Å². The summed E-state index contributed by atoms with van der Waals surface area (Å²) in [7, 11) is -4.88. The van der Waals surface area contributed by atoms with E-state index in [1.807, 2.05) is 30.6 Å². The molecule has 0 aliphatic carbocycles. The minimum atomic E-state index is -4.88. The Balaban J connectivity index is 0.000000617. The van der Waals surface area contributed by atoms with E-state index in [0.717, 1.165) is 4.90 Å². The van der Waals surface area contributed by atoms with Crippen molar-refractivity contribution < 1.29 is 46.2 Å². The van der Waals surface area contributed by atoms with Crippen LogP contribution in [0.4, 0.5) is 9.59 Å². The predicted octanol–water partition coefficient (Wildman–Crippen LogP) is 0.285. The molecule has 2 bridgehead atoms. The van der Waals surface area contributed by atoms with Crippen molar-refractivity contribution in [2.45, 2.75) is 64.1 Å². The van der Waals surface area contributed by atoms with E-state index >= 15 is 0 Å². The lowest BCUT2D eigenvalue weighted by atomic mass is 9.96. The Morgan fingerprint density at radius 3 is 2.13 bits per heavy atom. The number of rotatable bonds is 4. The maximum absolute atomic E-state index is 12.6. The van der Waals surface area contributed by atoms with Gasteiger partial charge >= 0.3 is 22.5 Å².